The van der Waals surface area contributed by atoms with Gasteiger partial charge in [0.2, 0.25) is 0 Å². The molecule has 2 aromatic carbocycles. The Balaban J connectivity index is 1.56. The fraction of sp³-hybridized carbons (Fsp3) is 0.485. The predicted molar refractivity (Wildman–Crippen MR) is 177 cm³/mol. The fourth-order valence-electron chi connectivity index (χ4n) is 5.30. The topological polar surface area (TPSA) is 209 Å². The summed E-state index contributed by atoms with van der Waals surface area (Å²) < 4.78 is 51.5. The van der Waals surface area contributed by atoms with Gasteiger partial charge in [0.15, 0.2) is 37.0 Å². The molecular formula is C33H36Br2O16. The first-order valence-electron chi connectivity index (χ1n) is 15.4. The highest BCUT2D eigenvalue weighted by Gasteiger charge is 2.53. The summed E-state index contributed by atoms with van der Waals surface area (Å²) in [6.45, 7) is 2.18. The molecule has 2 fully saturated rings. The number of hydrogen-bond donors (Lipinski definition) is 2. The van der Waals surface area contributed by atoms with Crippen LogP contribution in [0.5, 0.6) is 0 Å². The number of aliphatic hydroxyl groups excluding tert-OH is 2. The molecule has 2 heterocycles. The molecule has 2 N–H and O–H groups in total. The molecule has 2 aromatic rings. The molecule has 0 saturated carbocycles. The highest BCUT2D eigenvalue weighted by molar-refractivity contribution is 9.10. The second kappa shape index (κ2) is 18.3. The summed E-state index contributed by atoms with van der Waals surface area (Å²) in [5.41, 5.74) is 0.316. The molecule has 4 rings (SSSR count). The molecule has 278 valence electrons. The number of methoxy groups -OCH3 is 1. The molecule has 2 aliphatic heterocycles. The molecule has 18 heteroatoms. The number of carbonyl (C=O) groups is 5. The second-order valence-corrected chi connectivity index (χ2v) is 13.2. The fourth-order valence-corrected chi connectivity index (χ4v) is 5.83. The van der Waals surface area contributed by atoms with Crippen molar-refractivity contribution in [3.05, 3.63) is 68.6 Å². The summed E-state index contributed by atoms with van der Waals surface area (Å²) in [6, 6.07) is 12.4. The van der Waals surface area contributed by atoms with Crippen LogP contribution >= 0.6 is 31.9 Å². The van der Waals surface area contributed by atoms with E-state index in [0.29, 0.717) is 4.47 Å². The van der Waals surface area contributed by atoms with Crippen LogP contribution in [0.2, 0.25) is 0 Å². The zero-order chi connectivity index (χ0) is 37.4. The second-order valence-electron chi connectivity index (χ2n) is 11.3. The Morgan fingerprint density at radius 3 is 1.61 bits per heavy atom. The Hall–Kier alpha value is -3.49. The Kier molecular flexibility index (Phi) is 14.5. The Labute approximate surface area is 308 Å². The summed E-state index contributed by atoms with van der Waals surface area (Å²) in [4.78, 5) is 61.9. The van der Waals surface area contributed by atoms with Crippen molar-refractivity contribution in [1.29, 1.82) is 0 Å². The van der Waals surface area contributed by atoms with Gasteiger partial charge >= 0.3 is 29.8 Å². The van der Waals surface area contributed by atoms with Crippen LogP contribution in [0.3, 0.4) is 0 Å². The van der Waals surface area contributed by atoms with Gasteiger partial charge in [-0.2, -0.15) is 0 Å². The molecule has 0 amide bonds. The van der Waals surface area contributed by atoms with E-state index in [0.717, 1.165) is 25.2 Å². The minimum atomic E-state index is -1.85. The summed E-state index contributed by atoms with van der Waals surface area (Å²) >= 11 is 6.57. The maximum absolute atomic E-state index is 13.0. The summed E-state index contributed by atoms with van der Waals surface area (Å²) in [5, 5.41) is 22.3. The molecule has 0 spiro atoms. The van der Waals surface area contributed by atoms with Crippen molar-refractivity contribution in [3.63, 3.8) is 0 Å². The van der Waals surface area contributed by atoms with Gasteiger partial charge in [-0.05, 0) is 48.5 Å². The van der Waals surface area contributed by atoms with E-state index in [9.17, 15) is 34.2 Å². The van der Waals surface area contributed by atoms with E-state index in [4.69, 9.17) is 42.6 Å². The zero-order valence-corrected chi connectivity index (χ0v) is 30.8. The first-order valence-corrected chi connectivity index (χ1v) is 17.0. The number of aliphatic hydroxyl groups is 2. The van der Waals surface area contributed by atoms with Crippen LogP contribution in [-0.2, 0) is 57.0 Å². The lowest BCUT2D eigenvalue weighted by atomic mass is 9.97. The van der Waals surface area contributed by atoms with Crippen molar-refractivity contribution >= 4 is 61.7 Å². The molecule has 0 unspecified atom stereocenters. The van der Waals surface area contributed by atoms with E-state index >= 15 is 0 Å². The number of rotatable bonds is 12. The number of esters is 5. The SMILES string of the molecule is CO[C@H]1O[C@H](CO[C@@H]2O[C@H](COC(=O)c3ccc(Br)cc3)[C@@H](OC(=O)c3ccc(Br)cc3)[C@H](O)[C@H]2O)[C@@H](OC(C)=O)[C@H](OC(C)=O)[C@H]1OC(C)=O. The quantitative estimate of drug-likeness (QED) is 0.232. The van der Waals surface area contributed by atoms with Crippen molar-refractivity contribution < 1.29 is 76.8 Å². The Bertz CT molecular complexity index is 1540. The number of benzene rings is 2. The highest BCUT2D eigenvalue weighted by Crippen LogP contribution is 2.32. The molecule has 0 aromatic heterocycles. The molecule has 10 atom stereocenters. The number of hydrogen-bond acceptors (Lipinski definition) is 16. The number of carbonyl (C=O) groups excluding carboxylic acids is 5. The van der Waals surface area contributed by atoms with Gasteiger partial charge in [-0.3, -0.25) is 14.4 Å². The molecule has 0 aliphatic carbocycles. The molecule has 0 bridgehead atoms. The summed E-state index contributed by atoms with van der Waals surface area (Å²) in [7, 11) is 1.23. The Morgan fingerprint density at radius 2 is 1.08 bits per heavy atom. The van der Waals surface area contributed by atoms with Gasteiger partial charge < -0.3 is 52.8 Å². The third kappa shape index (κ3) is 10.8. The zero-order valence-electron chi connectivity index (χ0n) is 27.7. The Morgan fingerprint density at radius 1 is 0.608 bits per heavy atom. The smallest absolute Gasteiger partial charge is 0.338 e. The standard InChI is InChI=1S/C33H36Br2O16/c1-15(36)46-27-23(50-33(43-4)29(48-17(3)38)28(27)47-16(2)37)14-45-32-25(40)24(39)26(51-31(42)19-7-11-21(35)12-8-19)22(49-32)13-44-30(41)18-5-9-20(34)10-6-18/h5-12,22-29,32-33,39-40H,13-14H2,1-4H3/t22-,23-,24-,25-,26-,27-,28+,29-,32-,33+/m1/s1. The van der Waals surface area contributed by atoms with Crippen LogP contribution in [-0.4, -0.2) is 122 Å². The summed E-state index contributed by atoms with van der Waals surface area (Å²) in [6.07, 6.45) is -15.1. The van der Waals surface area contributed by atoms with E-state index in [2.05, 4.69) is 31.9 Å². The lowest BCUT2D eigenvalue weighted by molar-refractivity contribution is -0.330. The van der Waals surface area contributed by atoms with Crippen molar-refractivity contribution in [1.82, 2.24) is 0 Å². The largest absolute Gasteiger partial charge is 0.459 e. The van der Waals surface area contributed by atoms with E-state index in [1.165, 1.54) is 31.4 Å². The van der Waals surface area contributed by atoms with E-state index < -0.39 is 104 Å². The third-order valence-corrected chi connectivity index (χ3v) is 8.63. The van der Waals surface area contributed by atoms with Crippen LogP contribution in [0.25, 0.3) is 0 Å². The highest BCUT2D eigenvalue weighted by atomic mass is 79.9. The molecule has 2 saturated heterocycles. The normalized spacial score (nSPS) is 28.9. The maximum atomic E-state index is 13.0. The van der Waals surface area contributed by atoms with Crippen molar-refractivity contribution in [3.8, 4) is 0 Å². The maximum Gasteiger partial charge on any atom is 0.338 e. The van der Waals surface area contributed by atoms with Gasteiger partial charge in [0.25, 0.3) is 0 Å². The molecule has 16 nitrogen and oxygen atoms in total. The van der Waals surface area contributed by atoms with Gasteiger partial charge in [-0.1, -0.05) is 31.9 Å². The minimum absolute atomic E-state index is 0.122. The van der Waals surface area contributed by atoms with Crippen LogP contribution in [0, 0.1) is 0 Å². The molecule has 2 aliphatic rings. The van der Waals surface area contributed by atoms with Gasteiger partial charge in [0.05, 0.1) is 17.7 Å². The first kappa shape index (κ1) is 40.3. The molecular weight excluding hydrogens is 812 g/mol. The summed E-state index contributed by atoms with van der Waals surface area (Å²) in [5.74, 6) is -4.00. The number of halogens is 2. The van der Waals surface area contributed by atoms with Crippen LogP contribution < -0.4 is 0 Å². The third-order valence-electron chi connectivity index (χ3n) is 7.58. The lowest BCUT2D eigenvalue weighted by Gasteiger charge is -2.45. The van der Waals surface area contributed by atoms with Crippen LogP contribution in [0.1, 0.15) is 41.5 Å². The minimum Gasteiger partial charge on any atom is -0.459 e. The van der Waals surface area contributed by atoms with Gasteiger partial charge in [-0.25, -0.2) is 9.59 Å². The van der Waals surface area contributed by atoms with Gasteiger partial charge in [0.1, 0.15) is 31.0 Å². The van der Waals surface area contributed by atoms with Crippen molar-refractivity contribution in [2.24, 2.45) is 0 Å². The first-order chi connectivity index (χ1) is 24.2. The average molecular weight is 848 g/mol. The van der Waals surface area contributed by atoms with E-state index in [-0.39, 0.29) is 11.1 Å². The van der Waals surface area contributed by atoms with Crippen LogP contribution in [0.15, 0.2) is 57.5 Å². The van der Waals surface area contributed by atoms with Gasteiger partial charge in [0, 0.05) is 36.8 Å². The van der Waals surface area contributed by atoms with E-state index in [1.807, 2.05) is 0 Å². The van der Waals surface area contributed by atoms with Crippen molar-refractivity contribution in [2.75, 3.05) is 20.3 Å². The monoisotopic (exact) mass is 846 g/mol. The molecule has 0 radical (unpaired) electrons. The average Bonchev–Trinajstić information content (AvgIpc) is 3.07. The predicted octanol–water partition coefficient (Wildman–Crippen LogP) is 2.22. The number of ether oxygens (including phenoxy) is 9. The van der Waals surface area contributed by atoms with E-state index in [1.54, 1.807) is 24.3 Å². The van der Waals surface area contributed by atoms with Crippen molar-refractivity contribution in [2.45, 2.75) is 82.2 Å². The lowest BCUT2D eigenvalue weighted by Crippen LogP contribution is -2.64. The van der Waals surface area contributed by atoms with Crippen LogP contribution in [0.4, 0.5) is 0 Å². The molecule has 51 heavy (non-hydrogen) atoms. The van der Waals surface area contributed by atoms with Gasteiger partial charge in [-0.15, -0.1) is 0 Å².